The smallest absolute Gasteiger partial charge is 0.341 e. The van der Waals surface area contributed by atoms with Crippen molar-refractivity contribution in [2.45, 2.75) is 90.9 Å². The van der Waals surface area contributed by atoms with Gasteiger partial charge in [0, 0.05) is 16.0 Å². The van der Waals surface area contributed by atoms with Crippen LogP contribution in [0.2, 0.25) is 0 Å². The van der Waals surface area contributed by atoms with E-state index in [4.69, 9.17) is 9.47 Å². The zero-order valence-electron chi connectivity index (χ0n) is 25.3. The van der Waals surface area contributed by atoms with Crippen LogP contribution in [0.3, 0.4) is 0 Å². The van der Waals surface area contributed by atoms with E-state index in [1.807, 2.05) is 13.8 Å². The Bertz CT molecular complexity index is 1410. The lowest BCUT2D eigenvalue weighted by Crippen LogP contribution is -2.18. The highest BCUT2D eigenvalue weighted by molar-refractivity contribution is 7.17. The molecule has 0 fully saturated rings. The molecule has 3 aromatic rings. The van der Waals surface area contributed by atoms with Gasteiger partial charge in [0.15, 0.2) is 0 Å². The molecule has 3 aromatic heterocycles. The third kappa shape index (κ3) is 7.21. The molecule has 2 aliphatic rings. The largest absolute Gasteiger partial charge is 0.462 e. The molecule has 11 heteroatoms. The molecule has 0 saturated heterocycles. The molecular formula is C33H39N3O6S2. The van der Waals surface area contributed by atoms with Crippen LogP contribution in [0.4, 0.5) is 10.0 Å². The molecule has 0 aromatic carbocycles. The summed E-state index contributed by atoms with van der Waals surface area (Å²) in [7, 11) is 0. The summed E-state index contributed by atoms with van der Waals surface area (Å²) >= 11 is 2.87. The second-order valence-electron chi connectivity index (χ2n) is 11.1. The summed E-state index contributed by atoms with van der Waals surface area (Å²) < 4.78 is 10.9. The molecule has 234 valence electrons. The first kappa shape index (κ1) is 31.8. The minimum Gasteiger partial charge on any atom is -0.462 e. The average Bonchev–Trinajstić information content (AvgIpc) is 3.31. The summed E-state index contributed by atoms with van der Waals surface area (Å²) in [5.41, 5.74) is 3.24. The molecule has 0 bridgehead atoms. The second kappa shape index (κ2) is 14.9. The number of esters is 2. The van der Waals surface area contributed by atoms with Crippen molar-refractivity contribution in [2.75, 3.05) is 23.8 Å². The molecule has 0 saturated carbocycles. The van der Waals surface area contributed by atoms with Crippen molar-refractivity contribution in [2.24, 2.45) is 0 Å². The van der Waals surface area contributed by atoms with Crippen molar-refractivity contribution >= 4 is 56.4 Å². The number of nitrogens with one attached hydrogen (secondary N) is 2. The van der Waals surface area contributed by atoms with Crippen molar-refractivity contribution in [1.82, 2.24) is 4.98 Å². The molecule has 0 radical (unpaired) electrons. The first-order chi connectivity index (χ1) is 21.4. The third-order valence-electron chi connectivity index (χ3n) is 7.84. The van der Waals surface area contributed by atoms with E-state index in [1.165, 1.54) is 41.0 Å². The number of fused-ring (bicyclic) bond motifs is 2. The average molecular weight is 638 g/mol. The number of aromatic nitrogens is 1. The maximum atomic E-state index is 13.3. The lowest BCUT2D eigenvalue weighted by Gasteiger charge is -2.10. The van der Waals surface area contributed by atoms with Crippen LogP contribution < -0.4 is 10.6 Å². The molecule has 9 nitrogen and oxygen atoms in total. The second-order valence-corrected chi connectivity index (χ2v) is 13.4. The van der Waals surface area contributed by atoms with Gasteiger partial charge in [0.05, 0.1) is 29.9 Å². The lowest BCUT2D eigenvalue weighted by molar-refractivity contribution is 0.0496. The van der Waals surface area contributed by atoms with Gasteiger partial charge in [-0.1, -0.05) is 26.7 Å². The monoisotopic (exact) mass is 637 g/mol. The number of nitrogens with zero attached hydrogens (tertiary/aromatic N) is 1. The molecule has 2 amide bonds. The van der Waals surface area contributed by atoms with Crippen LogP contribution in [0.1, 0.15) is 128 Å². The first-order valence-electron chi connectivity index (χ1n) is 15.6. The number of rotatable bonds is 10. The Morgan fingerprint density at radius 3 is 1.68 bits per heavy atom. The summed E-state index contributed by atoms with van der Waals surface area (Å²) in [6.07, 6.45) is 12.4. The van der Waals surface area contributed by atoms with E-state index in [2.05, 4.69) is 15.6 Å². The molecule has 0 unspecified atom stereocenters. The van der Waals surface area contributed by atoms with Crippen LogP contribution in [-0.4, -0.2) is 42.0 Å². The van der Waals surface area contributed by atoms with Crippen molar-refractivity contribution in [3.8, 4) is 0 Å². The fourth-order valence-corrected chi connectivity index (χ4v) is 8.18. The van der Waals surface area contributed by atoms with E-state index >= 15 is 0 Å². The van der Waals surface area contributed by atoms with Crippen LogP contribution in [0.5, 0.6) is 0 Å². The zero-order chi connectivity index (χ0) is 31.1. The quantitative estimate of drug-likeness (QED) is 0.176. The summed E-state index contributed by atoms with van der Waals surface area (Å²) in [5.74, 6) is -1.71. The van der Waals surface area contributed by atoms with Gasteiger partial charge in [0.2, 0.25) is 0 Å². The highest BCUT2D eigenvalue weighted by Crippen LogP contribution is 2.39. The molecule has 0 aliphatic heterocycles. The molecule has 0 atom stereocenters. The topological polar surface area (TPSA) is 124 Å². The standard InChI is InChI=1S/C33H39N3O6S2/c1-3-17-41-32(39)26-21-11-7-5-9-13-24(21)43-30(26)35-28(37)20-15-16-23(34-19-20)29(38)36-31-27(33(40)42-18-4-2)22-12-8-6-10-14-25(22)44-31/h15-16,19H,3-14,17-18H2,1-2H3,(H,35,37)(H,36,38). The number of carbonyl (C=O) groups is 4. The highest BCUT2D eigenvalue weighted by Gasteiger charge is 2.29. The van der Waals surface area contributed by atoms with Crippen molar-refractivity contribution < 1.29 is 28.7 Å². The van der Waals surface area contributed by atoms with E-state index in [0.717, 1.165) is 85.1 Å². The van der Waals surface area contributed by atoms with Crippen LogP contribution >= 0.6 is 22.7 Å². The Hall–Kier alpha value is -3.57. The van der Waals surface area contributed by atoms with Crippen molar-refractivity contribution in [3.63, 3.8) is 0 Å². The van der Waals surface area contributed by atoms with Crippen molar-refractivity contribution in [3.05, 3.63) is 61.6 Å². The van der Waals surface area contributed by atoms with Gasteiger partial charge in [-0.15, -0.1) is 22.7 Å². The minimum absolute atomic E-state index is 0.115. The van der Waals surface area contributed by atoms with Gasteiger partial charge in [-0.05, 0) is 87.5 Å². The van der Waals surface area contributed by atoms with Gasteiger partial charge in [-0.3, -0.25) is 14.6 Å². The molecule has 3 heterocycles. The highest BCUT2D eigenvalue weighted by atomic mass is 32.1. The number of amides is 2. The van der Waals surface area contributed by atoms with E-state index in [-0.39, 0.29) is 11.3 Å². The molecular weight excluding hydrogens is 599 g/mol. The Kier molecular flexibility index (Phi) is 10.8. The Balaban J connectivity index is 1.32. The predicted octanol–water partition coefficient (Wildman–Crippen LogP) is 7.38. The third-order valence-corrected chi connectivity index (χ3v) is 10.3. The number of aryl methyl sites for hydroxylation is 2. The van der Waals surface area contributed by atoms with Crippen LogP contribution in [0.15, 0.2) is 18.3 Å². The van der Waals surface area contributed by atoms with Gasteiger partial charge < -0.3 is 20.1 Å². The minimum atomic E-state index is -0.471. The molecule has 0 spiro atoms. The van der Waals surface area contributed by atoms with Crippen LogP contribution in [0, 0.1) is 0 Å². The van der Waals surface area contributed by atoms with E-state index < -0.39 is 23.8 Å². The number of pyridine rings is 1. The number of hydrogen-bond donors (Lipinski definition) is 2. The number of ether oxygens (including phenoxy) is 2. The number of thiophene rings is 2. The van der Waals surface area contributed by atoms with E-state index in [0.29, 0.717) is 47.2 Å². The van der Waals surface area contributed by atoms with Gasteiger partial charge in [0.1, 0.15) is 15.7 Å². The van der Waals surface area contributed by atoms with Gasteiger partial charge >= 0.3 is 11.9 Å². The van der Waals surface area contributed by atoms with Crippen LogP contribution in [0.25, 0.3) is 0 Å². The number of hydrogen-bond acceptors (Lipinski definition) is 9. The Labute approximate surface area is 265 Å². The Morgan fingerprint density at radius 1 is 0.705 bits per heavy atom. The van der Waals surface area contributed by atoms with Crippen LogP contribution in [-0.2, 0) is 35.2 Å². The summed E-state index contributed by atoms with van der Waals surface area (Å²) in [5, 5.41) is 6.76. The van der Waals surface area contributed by atoms with E-state index in [9.17, 15) is 19.2 Å². The normalized spacial score (nSPS) is 14.4. The Morgan fingerprint density at radius 2 is 1.20 bits per heavy atom. The van der Waals surface area contributed by atoms with E-state index in [1.54, 1.807) is 0 Å². The summed E-state index contributed by atoms with van der Waals surface area (Å²) in [6.45, 7) is 4.52. The predicted molar refractivity (Wildman–Crippen MR) is 172 cm³/mol. The maximum Gasteiger partial charge on any atom is 0.341 e. The fourth-order valence-electron chi connectivity index (χ4n) is 5.63. The molecule has 44 heavy (non-hydrogen) atoms. The summed E-state index contributed by atoms with van der Waals surface area (Å²) in [4.78, 5) is 59.0. The van der Waals surface area contributed by atoms with Gasteiger partial charge in [-0.2, -0.15) is 0 Å². The molecule has 2 aliphatic carbocycles. The zero-order valence-corrected chi connectivity index (χ0v) is 27.0. The summed E-state index contributed by atoms with van der Waals surface area (Å²) in [6, 6.07) is 3.02. The van der Waals surface area contributed by atoms with Crippen molar-refractivity contribution in [1.29, 1.82) is 0 Å². The van der Waals surface area contributed by atoms with Gasteiger partial charge in [-0.25, -0.2) is 9.59 Å². The fraction of sp³-hybridized carbons (Fsp3) is 0.485. The maximum absolute atomic E-state index is 13.3. The lowest BCUT2D eigenvalue weighted by atomic mass is 10.1. The first-order valence-corrected chi connectivity index (χ1v) is 17.3. The number of carbonyl (C=O) groups excluding carboxylic acids is 4. The number of anilines is 2. The van der Waals surface area contributed by atoms with Gasteiger partial charge in [0.25, 0.3) is 11.8 Å². The SMILES string of the molecule is CCCOC(=O)c1c(NC(=O)c2ccc(C(=O)Nc3sc4c(c3C(=O)OCCC)CCCCC4)nc2)sc2c1CCCCC2. The molecule has 2 N–H and O–H groups in total. The molecule has 5 rings (SSSR count).